The number of unbranched alkanes of at least 4 members (excludes halogenated alkanes) is 10. The highest BCUT2D eigenvalue weighted by molar-refractivity contribution is 6.01. The van der Waals surface area contributed by atoms with Gasteiger partial charge in [-0.3, -0.25) is 14.5 Å². The van der Waals surface area contributed by atoms with Crippen LogP contribution in [-0.4, -0.2) is 34.8 Å². The van der Waals surface area contributed by atoms with Gasteiger partial charge in [-0.1, -0.05) is 71.1 Å². The molecule has 1 unspecified atom stereocenters. The molecule has 2 amide bonds. The molecule has 0 radical (unpaired) electrons. The van der Waals surface area contributed by atoms with E-state index in [9.17, 15) is 14.4 Å². The summed E-state index contributed by atoms with van der Waals surface area (Å²) in [6, 6.07) is -0.722. The van der Waals surface area contributed by atoms with Crippen molar-refractivity contribution in [3.05, 3.63) is 0 Å². The van der Waals surface area contributed by atoms with Gasteiger partial charge in [0.2, 0.25) is 11.8 Å². The van der Waals surface area contributed by atoms with E-state index in [1.807, 2.05) is 0 Å². The summed E-state index contributed by atoms with van der Waals surface area (Å²) in [5.74, 6) is -0.920. The molecule has 1 rings (SSSR count). The third kappa shape index (κ3) is 9.39. The van der Waals surface area contributed by atoms with Gasteiger partial charge >= 0.3 is 5.97 Å². The van der Waals surface area contributed by atoms with Gasteiger partial charge in [-0.05, 0) is 26.7 Å². The van der Waals surface area contributed by atoms with Gasteiger partial charge in [-0.25, -0.2) is 4.79 Å². The van der Waals surface area contributed by atoms with Crippen molar-refractivity contribution in [3.8, 4) is 0 Å². The van der Waals surface area contributed by atoms with Gasteiger partial charge < -0.3 is 4.74 Å². The molecule has 156 valence electrons. The highest BCUT2D eigenvalue weighted by Gasteiger charge is 2.40. The fraction of sp³-hybridized carbons (Fsp3) is 0.864. The number of carbonyl (C=O) groups excluding carboxylic acids is 3. The van der Waals surface area contributed by atoms with Crippen LogP contribution in [0.3, 0.4) is 0 Å². The van der Waals surface area contributed by atoms with Crippen molar-refractivity contribution in [2.75, 3.05) is 0 Å². The lowest BCUT2D eigenvalue weighted by Gasteiger charge is -2.22. The zero-order chi connectivity index (χ0) is 20.1. The van der Waals surface area contributed by atoms with Gasteiger partial charge in [0.15, 0.2) is 0 Å². The maximum atomic E-state index is 12.4. The molecule has 5 nitrogen and oxygen atoms in total. The van der Waals surface area contributed by atoms with Crippen LogP contribution in [0.15, 0.2) is 0 Å². The second kappa shape index (κ2) is 13.7. The second-order valence-corrected chi connectivity index (χ2v) is 7.98. The minimum Gasteiger partial charge on any atom is -0.461 e. The van der Waals surface area contributed by atoms with E-state index in [2.05, 4.69) is 6.92 Å². The number of likely N-dealkylation sites (tertiary alicyclic amines) is 1. The number of ether oxygens (including phenoxy) is 1. The quantitative estimate of drug-likeness (QED) is 0.308. The normalized spacial score (nSPS) is 17.0. The number of hydrogen-bond acceptors (Lipinski definition) is 4. The summed E-state index contributed by atoms with van der Waals surface area (Å²) in [5, 5.41) is 0. The monoisotopic (exact) mass is 381 g/mol. The Morgan fingerprint density at radius 1 is 0.963 bits per heavy atom. The first kappa shape index (κ1) is 23.6. The standard InChI is InChI=1S/C22H39NO4/c1-4-5-6-7-8-9-10-11-12-13-14-15-20(24)23-19(16-17-21(23)25)22(26)27-18(2)3/h18-19H,4-17H2,1-3H3. The van der Waals surface area contributed by atoms with Gasteiger partial charge in [0.25, 0.3) is 0 Å². The SMILES string of the molecule is CCCCCCCCCCCCCC(=O)N1C(=O)CCC1C(=O)OC(C)C. The van der Waals surface area contributed by atoms with Crippen molar-refractivity contribution in [3.63, 3.8) is 0 Å². The molecule has 0 spiro atoms. The third-order valence-corrected chi connectivity index (χ3v) is 5.10. The van der Waals surface area contributed by atoms with Crippen LogP contribution in [0.25, 0.3) is 0 Å². The Morgan fingerprint density at radius 3 is 2.00 bits per heavy atom. The van der Waals surface area contributed by atoms with E-state index in [4.69, 9.17) is 4.74 Å². The van der Waals surface area contributed by atoms with Gasteiger partial charge in [0, 0.05) is 12.8 Å². The molecule has 1 fully saturated rings. The molecule has 27 heavy (non-hydrogen) atoms. The number of imide groups is 1. The second-order valence-electron chi connectivity index (χ2n) is 7.98. The molecule has 0 N–H and O–H groups in total. The highest BCUT2D eigenvalue weighted by Crippen LogP contribution is 2.22. The average molecular weight is 382 g/mol. The molecular formula is C22H39NO4. The topological polar surface area (TPSA) is 63.7 Å². The fourth-order valence-electron chi connectivity index (χ4n) is 3.59. The van der Waals surface area contributed by atoms with Crippen molar-refractivity contribution in [1.29, 1.82) is 0 Å². The Morgan fingerprint density at radius 2 is 1.48 bits per heavy atom. The lowest BCUT2D eigenvalue weighted by molar-refractivity contribution is -0.160. The molecule has 0 aromatic carbocycles. The molecule has 1 heterocycles. The Labute approximate surface area is 165 Å². The summed E-state index contributed by atoms with van der Waals surface area (Å²) >= 11 is 0. The molecular weight excluding hydrogens is 342 g/mol. The highest BCUT2D eigenvalue weighted by atomic mass is 16.5. The van der Waals surface area contributed by atoms with E-state index in [0.717, 1.165) is 24.2 Å². The van der Waals surface area contributed by atoms with E-state index >= 15 is 0 Å². The van der Waals surface area contributed by atoms with Crippen molar-refractivity contribution in [1.82, 2.24) is 4.90 Å². The van der Waals surface area contributed by atoms with Crippen LogP contribution >= 0.6 is 0 Å². The molecule has 0 aromatic rings. The number of carbonyl (C=O) groups is 3. The van der Waals surface area contributed by atoms with Gasteiger partial charge in [0.05, 0.1) is 6.10 Å². The van der Waals surface area contributed by atoms with Crippen LogP contribution in [0.1, 0.15) is 111 Å². The summed E-state index contributed by atoms with van der Waals surface area (Å²) in [6.45, 7) is 5.78. The smallest absolute Gasteiger partial charge is 0.329 e. The zero-order valence-corrected chi connectivity index (χ0v) is 17.6. The fourth-order valence-corrected chi connectivity index (χ4v) is 3.59. The van der Waals surface area contributed by atoms with Gasteiger partial charge in [0.1, 0.15) is 6.04 Å². The third-order valence-electron chi connectivity index (χ3n) is 5.10. The van der Waals surface area contributed by atoms with Crippen molar-refractivity contribution < 1.29 is 19.1 Å². The van der Waals surface area contributed by atoms with E-state index in [0.29, 0.717) is 12.8 Å². The van der Waals surface area contributed by atoms with Crippen LogP contribution in [0.4, 0.5) is 0 Å². The predicted molar refractivity (Wildman–Crippen MR) is 107 cm³/mol. The van der Waals surface area contributed by atoms with Gasteiger partial charge in [-0.15, -0.1) is 0 Å². The number of esters is 1. The van der Waals surface area contributed by atoms with Crippen LogP contribution in [-0.2, 0) is 19.1 Å². The van der Waals surface area contributed by atoms with E-state index < -0.39 is 12.0 Å². The largest absolute Gasteiger partial charge is 0.461 e. The minimum atomic E-state index is -0.722. The Kier molecular flexibility index (Phi) is 12.0. The molecule has 1 atom stereocenters. The molecule has 1 aliphatic heterocycles. The lowest BCUT2D eigenvalue weighted by Crippen LogP contribution is -2.44. The number of amides is 2. The van der Waals surface area contributed by atoms with Crippen molar-refractivity contribution >= 4 is 17.8 Å². The summed E-state index contributed by atoms with van der Waals surface area (Å²) in [7, 11) is 0. The molecule has 0 aromatic heterocycles. The van der Waals surface area contributed by atoms with Crippen LogP contribution in [0.5, 0.6) is 0 Å². The van der Waals surface area contributed by atoms with Crippen molar-refractivity contribution in [2.45, 2.75) is 123 Å². The Balaban J connectivity index is 2.16. The van der Waals surface area contributed by atoms with Crippen LogP contribution in [0, 0.1) is 0 Å². The number of rotatable bonds is 14. The molecule has 1 aliphatic rings. The summed E-state index contributed by atoms with van der Waals surface area (Å²) < 4.78 is 5.19. The summed E-state index contributed by atoms with van der Waals surface area (Å²) in [5.41, 5.74) is 0. The number of hydrogen-bond donors (Lipinski definition) is 0. The van der Waals surface area contributed by atoms with E-state index in [1.165, 1.54) is 51.4 Å². The molecule has 0 bridgehead atoms. The lowest BCUT2D eigenvalue weighted by atomic mass is 10.1. The van der Waals surface area contributed by atoms with Crippen molar-refractivity contribution in [2.24, 2.45) is 0 Å². The first-order valence-electron chi connectivity index (χ1n) is 11.0. The molecule has 0 saturated carbocycles. The van der Waals surface area contributed by atoms with Crippen LogP contribution < -0.4 is 0 Å². The van der Waals surface area contributed by atoms with Gasteiger partial charge in [-0.2, -0.15) is 0 Å². The average Bonchev–Trinajstić information content (AvgIpc) is 3.00. The summed E-state index contributed by atoms with van der Waals surface area (Å²) in [6.07, 6.45) is 14.2. The maximum absolute atomic E-state index is 12.4. The maximum Gasteiger partial charge on any atom is 0.329 e. The Hall–Kier alpha value is -1.39. The minimum absolute atomic E-state index is 0.223. The first-order valence-corrected chi connectivity index (χ1v) is 11.0. The van der Waals surface area contributed by atoms with Crippen LogP contribution in [0.2, 0.25) is 0 Å². The molecule has 1 saturated heterocycles. The van der Waals surface area contributed by atoms with E-state index in [1.54, 1.807) is 13.8 Å². The molecule has 5 heteroatoms. The predicted octanol–water partition coefficient (Wildman–Crippen LogP) is 5.16. The summed E-state index contributed by atoms with van der Waals surface area (Å²) in [4.78, 5) is 37.7. The zero-order valence-electron chi connectivity index (χ0n) is 17.6. The number of nitrogens with zero attached hydrogens (tertiary/aromatic N) is 1. The van der Waals surface area contributed by atoms with E-state index in [-0.39, 0.29) is 24.3 Å². The Bertz CT molecular complexity index is 461. The molecule has 0 aliphatic carbocycles. The first-order chi connectivity index (χ1) is 13.0.